The maximum absolute atomic E-state index is 12.3. The van der Waals surface area contributed by atoms with Crippen LogP contribution in [0.2, 0.25) is 0 Å². The van der Waals surface area contributed by atoms with Crippen LogP contribution in [0.25, 0.3) is 0 Å². The zero-order chi connectivity index (χ0) is 76.9. The van der Waals surface area contributed by atoms with Gasteiger partial charge >= 0.3 is 0 Å². The van der Waals surface area contributed by atoms with E-state index in [-0.39, 0.29) is 34.4 Å². The third kappa shape index (κ3) is 37.3. The molecule has 0 bridgehead atoms. The van der Waals surface area contributed by atoms with Crippen LogP contribution < -0.4 is 0 Å². The second-order valence-electron chi connectivity index (χ2n) is 37.8. The van der Waals surface area contributed by atoms with E-state index < -0.39 is 0 Å². The van der Waals surface area contributed by atoms with E-state index in [0.29, 0.717) is 53.7 Å². The van der Waals surface area contributed by atoms with Crippen molar-refractivity contribution in [1.82, 2.24) is 68.6 Å². The first-order valence-corrected chi connectivity index (χ1v) is 40.6. The molecule has 0 atom stereocenters. The summed E-state index contributed by atoms with van der Waals surface area (Å²) in [6, 6.07) is 2.15. The van der Waals surface area contributed by atoms with Gasteiger partial charge in [-0.2, -0.15) is 0 Å². The second-order valence-corrected chi connectivity index (χ2v) is 37.8. The molecule has 9 heterocycles. The standard InChI is InChI=1S/C15H29N3O.C14H26N2O2.C12H26N2O.C11H24N2.C10H22N2O.C10H22N2.C9H17NO2/c1-15(2,3)14(19)18-7-5-13(6-8-18)17-11-9-16(4)10-12-17;1-14(2,3)13(17)16-6-4-12(5-7-16)15-8-10-18-11-9-15;1-12(2,3)15-11-5-6-14-9-7-13(4)8-10-14;1-11(2,3)13-8-6-10(7-9-13)12(4)5;1-10(2,3)12-6-4-11(5-7-12)8-9-13;1-5-11-6-8-12(9-7-11)10(2,3)4;1-9(2,3)8(11)10-4-6-12-7-5-10/h13H,5-12H2,1-4H3;12H,4-11H2,1-3H3;5-11H2,1-4H3;10H,6-9H2,1-5H3;13H,4-9H2,1-3H3;5-9H2,1-4H3;4-7H2,1-3H3. The second kappa shape index (κ2) is 45.1. The van der Waals surface area contributed by atoms with E-state index in [1.54, 1.807) is 0 Å². The number of β-amino-alcohol motifs (C(OH)–C–C–N with tert-alkyl or cyclic N) is 1. The maximum Gasteiger partial charge on any atom is 0.228 e. The zero-order valence-corrected chi connectivity index (χ0v) is 71.6. The highest BCUT2D eigenvalue weighted by atomic mass is 16.5. The summed E-state index contributed by atoms with van der Waals surface area (Å²) in [6.45, 7) is 83.4. The van der Waals surface area contributed by atoms with E-state index in [1.165, 1.54) is 118 Å². The van der Waals surface area contributed by atoms with Gasteiger partial charge < -0.3 is 58.5 Å². The minimum atomic E-state index is -0.253. The molecular formula is C81H166N14O7. The van der Waals surface area contributed by atoms with Crippen molar-refractivity contribution in [2.45, 2.75) is 238 Å². The van der Waals surface area contributed by atoms with E-state index >= 15 is 0 Å². The van der Waals surface area contributed by atoms with Gasteiger partial charge in [0.15, 0.2) is 0 Å². The molecule has 1 N–H and O–H groups in total. The van der Waals surface area contributed by atoms with Crippen molar-refractivity contribution in [2.75, 3.05) is 258 Å². The number of piperidine rings is 3. The summed E-state index contributed by atoms with van der Waals surface area (Å²) >= 11 is 0. The van der Waals surface area contributed by atoms with Crippen molar-refractivity contribution in [1.29, 1.82) is 0 Å². The van der Waals surface area contributed by atoms with Gasteiger partial charge in [0.05, 0.1) is 38.6 Å². The van der Waals surface area contributed by atoms with Crippen LogP contribution in [0, 0.1) is 16.2 Å². The summed E-state index contributed by atoms with van der Waals surface area (Å²) in [6.07, 6.45) is 8.32. The first-order chi connectivity index (χ1) is 47.3. The summed E-state index contributed by atoms with van der Waals surface area (Å²) in [5.41, 5.74) is 0.300. The van der Waals surface area contributed by atoms with Gasteiger partial charge in [-0.25, -0.2) is 0 Å². The first-order valence-electron chi connectivity index (χ1n) is 40.6. The van der Waals surface area contributed by atoms with Gasteiger partial charge in [0.25, 0.3) is 0 Å². The molecule has 0 spiro atoms. The van der Waals surface area contributed by atoms with Crippen LogP contribution in [0.1, 0.15) is 197 Å². The Hall–Kier alpha value is -2.19. The Bertz CT molecular complexity index is 2220. The molecule has 3 amide bonds. The van der Waals surface area contributed by atoms with E-state index in [1.807, 2.05) is 72.1 Å². The molecule has 21 heteroatoms. The number of rotatable bonds is 10. The SMILES string of the molecule is CC(C)(C)C(=O)N1CCC(N2CCOCC2)CC1.CC(C)(C)C(=O)N1CCOCC1.CC(C)(C)N1CCN(CCO)CC1.CCN1CCN(C(C)(C)C)CC1.CN(C)C1CCN(C(C)(C)C)CC1.CN1CCN(C2CCN(C(=O)C(C)(C)C)CC2)CC1.CN1CCN(CCCOC(C)(C)C)CC1. The molecule has 0 radical (unpaired) electrons. The lowest BCUT2D eigenvalue weighted by molar-refractivity contribution is -0.143. The van der Waals surface area contributed by atoms with Crippen LogP contribution in [0.15, 0.2) is 0 Å². The third-order valence-electron chi connectivity index (χ3n) is 21.7. The lowest BCUT2D eigenvalue weighted by Gasteiger charge is -2.43. The molecular weight excluding hydrogens is 1280 g/mol. The Morgan fingerprint density at radius 3 is 1.04 bits per heavy atom. The van der Waals surface area contributed by atoms with Crippen LogP contribution in [-0.4, -0.2) is 389 Å². The smallest absolute Gasteiger partial charge is 0.228 e. The lowest BCUT2D eigenvalue weighted by Crippen LogP contribution is -2.53. The molecule has 9 saturated heterocycles. The van der Waals surface area contributed by atoms with Crippen LogP contribution in [0.5, 0.6) is 0 Å². The Morgan fingerprint density at radius 2 is 0.706 bits per heavy atom. The lowest BCUT2D eigenvalue weighted by atomic mass is 9.92. The molecule has 0 aliphatic carbocycles. The number of nitrogens with zero attached hydrogens (tertiary/aromatic N) is 14. The summed E-state index contributed by atoms with van der Waals surface area (Å²) in [5, 5.41) is 8.79. The largest absolute Gasteiger partial charge is 0.395 e. The van der Waals surface area contributed by atoms with Crippen molar-refractivity contribution in [3.05, 3.63) is 0 Å². The number of hydrogen-bond donors (Lipinski definition) is 1. The zero-order valence-electron chi connectivity index (χ0n) is 71.6. The van der Waals surface area contributed by atoms with Crippen molar-refractivity contribution in [3.8, 4) is 0 Å². The van der Waals surface area contributed by atoms with Crippen LogP contribution in [-0.2, 0) is 28.6 Å². The topological polar surface area (TPSA) is 144 Å². The molecule has 9 aliphatic heterocycles. The quantitative estimate of drug-likeness (QED) is 0.208. The van der Waals surface area contributed by atoms with Gasteiger partial charge in [0, 0.05) is 241 Å². The van der Waals surface area contributed by atoms with Crippen molar-refractivity contribution in [3.63, 3.8) is 0 Å². The van der Waals surface area contributed by atoms with Crippen LogP contribution in [0.4, 0.5) is 0 Å². The monoisotopic (exact) mass is 1450 g/mol. The maximum atomic E-state index is 12.3. The fourth-order valence-corrected chi connectivity index (χ4v) is 14.5. The summed E-state index contributed by atoms with van der Waals surface area (Å²) < 4.78 is 16.3. The number of ether oxygens (including phenoxy) is 3. The van der Waals surface area contributed by atoms with Gasteiger partial charge in [-0.1, -0.05) is 69.2 Å². The number of morpholine rings is 2. The number of carbonyl (C=O) groups is 3. The first kappa shape index (κ1) is 94.0. The predicted molar refractivity (Wildman–Crippen MR) is 427 cm³/mol. The molecule has 0 aromatic heterocycles. The Balaban J connectivity index is 0.000000312. The van der Waals surface area contributed by atoms with Crippen LogP contribution >= 0.6 is 0 Å². The van der Waals surface area contributed by atoms with Gasteiger partial charge in [-0.15, -0.1) is 0 Å². The highest BCUT2D eigenvalue weighted by Crippen LogP contribution is 2.27. The van der Waals surface area contributed by atoms with Crippen molar-refractivity contribution >= 4 is 17.7 Å². The van der Waals surface area contributed by atoms with Gasteiger partial charge in [-0.05, 0) is 163 Å². The highest BCUT2D eigenvalue weighted by molar-refractivity contribution is 5.82. The number of carbonyl (C=O) groups excluding carboxylic acids is 3. The molecule has 0 unspecified atom stereocenters. The fraction of sp³-hybridized carbons (Fsp3) is 0.963. The number of aliphatic hydroxyl groups is 1. The van der Waals surface area contributed by atoms with Crippen molar-refractivity contribution < 1.29 is 33.7 Å². The summed E-state index contributed by atoms with van der Waals surface area (Å²) in [7, 11) is 8.77. The Kier molecular flexibility index (Phi) is 41.5. The summed E-state index contributed by atoms with van der Waals surface area (Å²) in [5.74, 6) is 0.832. The van der Waals surface area contributed by atoms with Gasteiger partial charge in [0.2, 0.25) is 17.7 Å². The highest BCUT2D eigenvalue weighted by Gasteiger charge is 2.36. The Labute approximate surface area is 628 Å². The minimum absolute atomic E-state index is 0.0160. The fourth-order valence-electron chi connectivity index (χ4n) is 14.5. The summed E-state index contributed by atoms with van der Waals surface area (Å²) in [4.78, 5) is 69.5. The molecule has 9 fully saturated rings. The molecule has 0 aromatic rings. The molecule has 0 aromatic carbocycles. The number of hydrogen-bond acceptors (Lipinski definition) is 18. The molecule has 602 valence electrons. The van der Waals surface area contributed by atoms with Crippen LogP contribution in [0.3, 0.4) is 0 Å². The number of likely N-dealkylation sites (N-methyl/N-ethyl adjacent to an activating group) is 3. The van der Waals surface area contributed by atoms with Crippen molar-refractivity contribution in [2.24, 2.45) is 16.2 Å². The minimum Gasteiger partial charge on any atom is -0.395 e. The molecule has 21 nitrogen and oxygen atoms in total. The molecule has 102 heavy (non-hydrogen) atoms. The number of likely N-dealkylation sites (tertiary alicyclic amines) is 3. The molecule has 9 rings (SSSR count). The molecule has 0 saturated carbocycles. The van der Waals surface area contributed by atoms with Gasteiger partial charge in [-0.3, -0.25) is 43.8 Å². The number of aliphatic hydroxyl groups excluding tert-OH is 1. The van der Waals surface area contributed by atoms with E-state index in [0.717, 1.165) is 143 Å². The third-order valence-corrected chi connectivity index (χ3v) is 21.7. The van der Waals surface area contributed by atoms with E-state index in [9.17, 15) is 14.4 Å². The van der Waals surface area contributed by atoms with Gasteiger partial charge in [0.1, 0.15) is 0 Å². The predicted octanol–water partition coefficient (Wildman–Crippen LogP) is 8.59. The average molecular weight is 1450 g/mol. The van der Waals surface area contributed by atoms with E-state index in [2.05, 4.69) is 177 Å². The molecule has 9 aliphatic rings. The van der Waals surface area contributed by atoms with E-state index in [4.69, 9.17) is 19.3 Å². The Morgan fingerprint density at radius 1 is 0.392 bits per heavy atom. The normalized spacial score (nSPS) is 22.6. The number of piperazine rings is 4. The average Bonchev–Trinajstić information content (AvgIpc) is 0.849. The number of amides is 3.